The van der Waals surface area contributed by atoms with Crippen LogP contribution in [0.3, 0.4) is 0 Å². The van der Waals surface area contributed by atoms with Crippen molar-refractivity contribution in [1.29, 1.82) is 0 Å². The lowest BCUT2D eigenvalue weighted by atomic mass is 9.92. The number of hydrogen-bond acceptors (Lipinski definition) is 4. The second-order valence-electron chi connectivity index (χ2n) is 9.91. The van der Waals surface area contributed by atoms with E-state index in [1.807, 2.05) is 30.3 Å². The van der Waals surface area contributed by atoms with Crippen LogP contribution in [0.1, 0.15) is 58.6 Å². The number of rotatable bonds is 7. The number of carbonyl (C=O) groups excluding carboxylic acids is 2. The minimum Gasteiger partial charge on any atom is -0.444 e. The SMILES string of the molecule is CC(C)C(=O)N1C=C(c2cc(F)ccc2F)NC1(CCCNC(=O)OC(C)(C)C)c1ccccc1. The van der Waals surface area contributed by atoms with Crippen molar-refractivity contribution in [3.63, 3.8) is 0 Å². The molecule has 0 saturated carbocycles. The molecule has 1 heterocycles. The van der Waals surface area contributed by atoms with Crippen molar-refractivity contribution in [2.75, 3.05) is 6.54 Å². The van der Waals surface area contributed by atoms with E-state index in [0.29, 0.717) is 25.1 Å². The zero-order valence-corrected chi connectivity index (χ0v) is 20.8. The van der Waals surface area contributed by atoms with Gasteiger partial charge in [0.1, 0.15) is 22.9 Å². The number of carbonyl (C=O) groups is 2. The fourth-order valence-electron chi connectivity index (χ4n) is 4.03. The van der Waals surface area contributed by atoms with Gasteiger partial charge >= 0.3 is 6.09 Å². The highest BCUT2D eigenvalue weighted by Crippen LogP contribution is 2.40. The molecule has 2 aromatic carbocycles. The van der Waals surface area contributed by atoms with Gasteiger partial charge in [-0.2, -0.15) is 0 Å². The van der Waals surface area contributed by atoms with Crippen molar-refractivity contribution in [3.05, 3.63) is 77.5 Å². The quantitative estimate of drug-likeness (QED) is 0.508. The van der Waals surface area contributed by atoms with E-state index < -0.39 is 29.0 Å². The molecular weight excluding hydrogens is 452 g/mol. The second kappa shape index (κ2) is 10.5. The normalized spacial score (nSPS) is 17.7. The third-order valence-corrected chi connectivity index (χ3v) is 5.60. The van der Waals surface area contributed by atoms with Gasteiger partial charge in [0, 0.05) is 24.2 Å². The fraction of sp³-hybridized carbons (Fsp3) is 0.407. The van der Waals surface area contributed by atoms with E-state index in [9.17, 15) is 18.4 Å². The second-order valence-corrected chi connectivity index (χ2v) is 9.91. The summed E-state index contributed by atoms with van der Waals surface area (Å²) >= 11 is 0. The summed E-state index contributed by atoms with van der Waals surface area (Å²) in [5.74, 6) is -1.69. The Morgan fingerprint density at radius 2 is 1.80 bits per heavy atom. The Labute approximate surface area is 205 Å². The molecule has 1 unspecified atom stereocenters. The largest absolute Gasteiger partial charge is 0.444 e. The molecule has 188 valence electrons. The number of hydrogen-bond donors (Lipinski definition) is 2. The van der Waals surface area contributed by atoms with Gasteiger partial charge < -0.3 is 15.4 Å². The summed E-state index contributed by atoms with van der Waals surface area (Å²) in [4.78, 5) is 27.0. The van der Waals surface area contributed by atoms with Crippen LogP contribution in [0.15, 0.2) is 54.7 Å². The van der Waals surface area contributed by atoms with Gasteiger partial charge in [0.05, 0.1) is 5.70 Å². The first-order valence-electron chi connectivity index (χ1n) is 11.7. The molecule has 1 atom stereocenters. The Morgan fingerprint density at radius 1 is 1.11 bits per heavy atom. The average molecular weight is 486 g/mol. The van der Waals surface area contributed by atoms with E-state index in [0.717, 1.165) is 23.8 Å². The van der Waals surface area contributed by atoms with Crippen molar-refractivity contribution in [2.45, 2.75) is 58.7 Å². The number of alkyl carbamates (subject to hydrolysis) is 1. The molecule has 1 aliphatic heterocycles. The highest BCUT2D eigenvalue weighted by molar-refractivity contribution is 5.84. The maximum Gasteiger partial charge on any atom is 0.407 e. The zero-order valence-electron chi connectivity index (χ0n) is 20.8. The lowest BCUT2D eigenvalue weighted by Crippen LogP contribution is -2.52. The fourth-order valence-corrected chi connectivity index (χ4v) is 4.03. The number of ether oxygens (including phenoxy) is 1. The predicted molar refractivity (Wildman–Crippen MR) is 131 cm³/mol. The van der Waals surface area contributed by atoms with Crippen LogP contribution in [-0.4, -0.2) is 29.0 Å². The monoisotopic (exact) mass is 485 g/mol. The van der Waals surface area contributed by atoms with Gasteiger partial charge in [-0.3, -0.25) is 9.69 Å². The Balaban J connectivity index is 1.94. The molecule has 6 nitrogen and oxygen atoms in total. The predicted octanol–water partition coefficient (Wildman–Crippen LogP) is 5.51. The molecule has 2 aromatic rings. The smallest absolute Gasteiger partial charge is 0.407 e. The van der Waals surface area contributed by atoms with Crippen LogP contribution in [0.2, 0.25) is 0 Å². The first-order valence-corrected chi connectivity index (χ1v) is 11.7. The van der Waals surface area contributed by atoms with E-state index in [1.165, 1.54) is 0 Å². The molecule has 2 N–H and O–H groups in total. The van der Waals surface area contributed by atoms with E-state index in [1.54, 1.807) is 45.7 Å². The van der Waals surface area contributed by atoms with Crippen LogP contribution in [0, 0.1) is 17.6 Å². The summed E-state index contributed by atoms with van der Waals surface area (Å²) in [5, 5.41) is 6.07. The van der Waals surface area contributed by atoms with Crippen molar-refractivity contribution < 1.29 is 23.1 Å². The minimum absolute atomic E-state index is 0.0382. The highest BCUT2D eigenvalue weighted by atomic mass is 19.1. The van der Waals surface area contributed by atoms with E-state index in [4.69, 9.17) is 4.74 Å². The average Bonchev–Trinajstić information content (AvgIpc) is 3.17. The molecule has 0 spiro atoms. The van der Waals surface area contributed by atoms with E-state index in [-0.39, 0.29) is 17.4 Å². The number of amides is 2. The van der Waals surface area contributed by atoms with Crippen LogP contribution in [0.5, 0.6) is 0 Å². The van der Waals surface area contributed by atoms with Crippen molar-refractivity contribution in [2.24, 2.45) is 5.92 Å². The Morgan fingerprint density at radius 3 is 2.43 bits per heavy atom. The lowest BCUT2D eigenvalue weighted by Gasteiger charge is -2.40. The molecule has 0 aromatic heterocycles. The molecule has 0 aliphatic carbocycles. The number of nitrogens with zero attached hydrogens (tertiary/aromatic N) is 1. The molecule has 35 heavy (non-hydrogen) atoms. The maximum atomic E-state index is 14.7. The molecule has 0 radical (unpaired) electrons. The van der Waals surface area contributed by atoms with Crippen molar-refractivity contribution >= 4 is 17.7 Å². The third-order valence-electron chi connectivity index (χ3n) is 5.60. The zero-order chi connectivity index (χ0) is 25.8. The molecule has 0 saturated heterocycles. The minimum atomic E-state index is -1.05. The summed E-state index contributed by atoms with van der Waals surface area (Å²) in [6.45, 7) is 9.24. The molecule has 0 fully saturated rings. The van der Waals surface area contributed by atoms with Gasteiger partial charge in [0.25, 0.3) is 0 Å². The van der Waals surface area contributed by atoms with Gasteiger partial charge in [-0.15, -0.1) is 0 Å². The molecule has 2 amide bonds. The molecule has 0 bridgehead atoms. The standard InChI is InChI=1S/C27H33F2N3O3/c1-18(2)24(33)32-17-23(21-16-20(28)12-13-22(21)29)31-27(32,19-10-7-6-8-11-19)14-9-15-30-25(34)35-26(3,4)5/h6-8,10-13,16-18,31H,9,14-15H2,1-5H3,(H,30,34). The number of benzene rings is 2. The summed E-state index contributed by atoms with van der Waals surface area (Å²) in [7, 11) is 0. The van der Waals surface area contributed by atoms with Crippen molar-refractivity contribution in [1.82, 2.24) is 15.5 Å². The molecule has 3 rings (SSSR count). The maximum absolute atomic E-state index is 14.7. The van der Waals surface area contributed by atoms with Crippen LogP contribution in [0.25, 0.3) is 5.70 Å². The van der Waals surface area contributed by atoms with E-state index in [2.05, 4.69) is 10.6 Å². The Hall–Kier alpha value is -3.42. The summed E-state index contributed by atoms with van der Waals surface area (Å²) in [6.07, 6.45) is 1.90. The summed E-state index contributed by atoms with van der Waals surface area (Å²) in [6, 6.07) is 12.6. The molecular formula is C27H33F2N3O3. The number of halogens is 2. The van der Waals surface area contributed by atoms with Gasteiger partial charge in [-0.1, -0.05) is 44.2 Å². The van der Waals surface area contributed by atoms with Crippen LogP contribution in [0.4, 0.5) is 13.6 Å². The van der Waals surface area contributed by atoms with Crippen LogP contribution in [-0.2, 0) is 15.2 Å². The lowest BCUT2D eigenvalue weighted by molar-refractivity contribution is -0.137. The van der Waals surface area contributed by atoms with Crippen LogP contribution >= 0.6 is 0 Å². The summed E-state index contributed by atoms with van der Waals surface area (Å²) < 4.78 is 34.0. The summed E-state index contributed by atoms with van der Waals surface area (Å²) in [5.41, 5.74) is -0.534. The van der Waals surface area contributed by atoms with Crippen LogP contribution < -0.4 is 10.6 Å². The first-order chi connectivity index (χ1) is 16.4. The third kappa shape index (κ3) is 6.18. The molecule has 1 aliphatic rings. The van der Waals surface area contributed by atoms with Gasteiger partial charge in [0.15, 0.2) is 0 Å². The van der Waals surface area contributed by atoms with Crippen molar-refractivity contribution in [3.8, 4) is 0 Å². The van der Waals surface area contributed by atoms with E-state index >= 15 is 0 Å². The van der Waals surface area contributed by atoms with Gasteiger partial charge in [-0.05, 0) is 57.4 Å². The molecule has 8 heteroatoms. The first kappa shape index (κ1) is 26.2. The Bertz CT molecular complexity index is 1100. The number of nitrogens with one attached hydrogen (secondary N) is 2. The van der Waals surface area contributed by atoms with Gasteiger partial charge in [0.2, 0.25) is 5.91 Å². The Kier molecular flexibility index (Phi) is 7.83. The highest BCUT2D eigenvalue weighted by Gasteiger charge is 2.45. The van der Waals surface area contributed by atoms with Gasteiger partial charge in [-0.25, -0.2) is 13.6 Å². The topological polar surface area (TPSA) is 70.7 Å².